The van der Waals surface area contributed by atoms with E-state index in [2.05, 4.69) is 0 Å². The van der Waals surface area contributed by atoms with E-state index in [1.54, 1.807) is 37.3 Å². The predicted octanol–water partition coefficient (Wildman–Crippen LogP) is 3.42. The Morgan fingerprint density at radius 3 is 2.37 bits per heavy atom. The summed E-state index contributed by atoms with van der Waals surface area (Å²) in [6.45, 7) is 0.210. The Balaban J connectivity index is 2.82. The number of hydrogen-bond acceptors (Lipinski definition) is 1. The third-order valence-corrected chi connectivity index (χ3v) is 2.88. The van der Waals surface area contributed by atoms with E-state index < -0.39 is 24.5 Å². The number of rotatable bonds is 5. The van der Waals surface area contributed by atoms with Gasteiger partial charge in [0.05, 0.1) is 5.92 Å². The Morgan fingerprint density at radius 1 is 1.32 bits per heavy atom. The van der Waals surface area contributed by atoms with Crippen LogP contribution in [-0.2, 0) is 4.79 Å². The minimum Gasteiger partial charge on any atom is -0.332 e. The minimum atomic E-state index is -4.42. The number of hydrogen-bond donors (Lipinski definition) is 0. The molecular weight excluding hydrogens is 279 g/mol. The van der Waals surface area contributed by atoms with Gasteiger partial charge in [0.25, 0.3) is 0 Å². The van der Waals surface area contributed by atoms with Crippen LogP contribution in [0.15, 0.2) is 30.3 Å². The van der Waals surface area contributed by atoms with E-state index in [9.17, 15) is 18.0 Å². The lowest BCUT2D eigenvalue weighted by Gasteiger charge is -2.26. The fraction of sp³-hybridized carbons (Fsp3) is 0.462. The van der Waals surface area contributed by atoms with Gasteiger partial charge in [0, 0.05) is 12.4 Å². The number of amides is 1. The summed E-state index contributed by atoms with van der Waals surface area (Å²) in [5.74, 6) is -1.21. The molecule has 0 saturated heterocycles. The molecule has 1 aromatic rings. The third kappa shape index (κ3) is 5.11. The van der Waals surface area contributed by atoms with Crippen molar-refractivity contribution < 1.29 is 18.0 Å². The van der Waals surface area contributed by atoms with Crippen LogP contribution in [0.1, 0.15) is 18.4 Å². The van der Waals surface area contributed by atoms with Crippen LogP contribution in [0.2, 0.25) is 0 Å². The molecule has 0 heterocycles. The molecule has 2 nitrogen and oxygen atoms in total. The van der Waals surface area contributed by atoms with Gasteiger partial charge < -0.3 is 4.90 Å². The molecule has 1 rings (SSSR count). The fourth-order valence-electron chi connectivity index (χ4n) is 1.74. The van der Waals surface area contributed by atoms with Crippen molar-refractivity contribution in [3.05, 3.63) is 35.9 Å². The first-order valence-electron chi connectivity index (χ1n) is 5.81. The van der Waals surface area contributed by atoms with E-state index in [0.29, 0.717) is 5.56 Å². The molecule has 6 heteroatoms. The Kier molecular flexibility index (Phi) is 5.66. The molecule has 0 aromatic heterocycles. The molecule has 0 spiro atoms. The van der Waals surface area contributed by atoms with Crippen molar-refractivity contribution in [3.8, 4) is 0 Å². The van der Waals surface area contributed by atoms with Gasteiger partial charge in [-0.05, 0) is 12.5 Å². The monoisotopic (exact) mass is 293 g/mol. The molecule has 0 saturated carbocycles. The Labute approximate surface area is 115 Å². The maximum Gasteiger partial charge on any atom is 0.406 e. The number of alkyl halides is 4. The van der Waals surface area contributed by atoms with Gasteiger partial charge in [0.15, 0.2) is 0 Å². The van der Waals surface area contributed by atoms with Gasteiger partial charge in [-0.15, -0.1) is 11.6 Å². The van der Waals surface area contributed by atoms with Gasteiger partial charge in [-0.1, -0.05) is 30.3 Å². The predicted molar refractivity (Wildman–Crippen MR) is 68.2 cm³/mol. The molecule has 0 bridgehead atoms. The molecule has 1 amide bonds. The molecule has 0 radical (unpaired) electrons. The average Bonchev–Trinajstić information content (AvgIpc) is 2.36. The van der Waals surface area contributed by atoms with Gasteiger partial charge in [0.2, 0.25) is 5.91 Å². The summed E-state index contributed by atoms with van der Waals surface area (Å²) in [5, 5.41) is 0. The maximum atomic E-state index is 12.4. The van der Waals surface area contributed by atoms with E-state index in [-0.39, 0.29) is 12.4 Å². The Bertz CT molecular complexity index is 408. The summed E-state index contributed by atoms with van der Waals surface area (Å²) in [6.07, 6.45) is -4.42. The zero-order valence-corrected chi connectivity index (χ0v) is 11.2. The molecule has 19 heavy (non-hydrogen) atoms. The second-order valence-corrected chi connectivity index (χ2v) is 4.57. The van der Waals surface area contributed by atoms with Crippen LogP contribution in [0.5, 0.6) is 0 Å². The van der Waals surface area contributed by atoms with Crippen molar-refractivity contribution >= 4 is 17.5 Å². The summed E-state index contributed by atoms with van der Waals surface area (Å²) in [7, 11) is 0. The number of carbonyl (C=O) groups is 1. The van der Waals surface area contributed by atoms with E-state index >= 15 is 0 Å². The van der Waals surface area contributed by atoms with Crippen molar-refractivity contribution in [2.75, 3.05) is 19.0 Å². The molecule has 1 unspecified atom stereocenters. The molecule has 1 aromatic carbocycles. The number of halogens is 4. The van der Waals surface area contributed by atoms with Gasteiger partial charge in [0.1, 0.15) is 6.54 Å². The number of benzene rings is 1. The topological polar surface area (TPSA) is 20.3 Å². The SMILES string of the molecule is CC(C(=O)N(CCCl)CC(F)(F)F)c1ccccc1. The number of carbonyl (C=O) groups excluding carboxylic acids is 1. The highest BCUT2D eigenvalue weighted by Crippen LogP contribution is 2.22. The van der Waals surface area contributed by atoms with Crippen LogP contribution in [-0.4, -0.2) is 36.0 Å². The lowest BCUT2D eigenvalue weighted by Crippen LogP contribution is -2.42. The quantitative estimate of drug-likeness (QED) is 0.762. The van der Waals surface area contributed by atoms with Gasteiger partial charge in [-0.3, -0.25) is 4.79 Å². The van der Waals surface area contributed by atoms with Gasteiger partial charge >= 0.3 is 6.18 Å². The van der Waals surface area contributed by atoms with Gasteiger partial charge in [-0.2, -0.15) is 13.2 Å². The highest BCUT2D eigenvalue weighted by atomic mass is 35.5. The third-order valence-electron chi connectivity index (χ3n) is 2.71. The van der Waals surface area contributed by atoms with Crippen LogP contribution >= 0.6 is 11.6 Å². The zero-order chi connectivity index (χ0) is 14.5. The summed E-state index contributed by atoms with van der Waals surface area (Å²) >= 11 is 5.46. The second-order valence-electron chi connectivity index (χ2n) is 4.20. The van der Waals surface area contributed by atoms with Crippen molar-refractivity contribution in [1.82, 2.24) is 4.90 Å². The highest BCUT2D eigenvalue weighted by molar-refractivity contribution is 6.18. The van der Waals surface area contributed by atoms with Crippen LogP contribution in [0, 0.1) is 0 Å². The number of nitrogens with zero attached hydrogens (tertiary/aromatic N) is 1. The van der Waals surface area contributed by atoms with E-state index in [1.165, 1.54) is 0 Å². The molecule has 0 fully saturated rings. The molecular formula is C13H15ClF3NO. The molecule has 0 N–H and O–H groups in total. The van der Waals surface area contributed by atoms with E-state index in [1.807, 2.05) is 0 Å². The smallest absolute Gasteiger partial charge is 0.332 e. The standard InChI is InChI=1S/C13H15ClF3NO/c1-10(11-5-3-2-4-6-11)12(19)18(8-7-14)9-13(15,16)17/h2-6,10H,7-9H2,1H3. The van der Waals surface area contributed by atoms with Crippen molar-refractivity contribution in [2.45, 2.75) is 19.0 Å². The minimum absolute atomic E-state index is 0.0245. The molecule has 0 aliphatic carbocycles. The van der Waals surface area contributed by atoms with Gasteiger partial charge in [-0.25, -0.2) is 0 Å². The fourth-order valence-corrected chi connectivity index (χ4v) is 1.95. The van der Waals surface area contributed by atoms with Crippen molar-refractivity contribution in [3.63, 3.8) is 0 Å². The lowest BCUT2D eigenvalue weighted by molar-refractivity contribution is -0.161. The van der Waals surface area contributed by atoms with E-state index in [0.717, 1.165) is 4.90 Å². The summed E-state index contributed by atoms with van der Waals surface area (Å²) in [4.78, 5) is 12.8. The Morgan fingerprint density at radius 2 is 1.89 bits per heavy atom. The van der Waals surface area contributed by atoms with Crippen LogP contribution in [0.25, 0.3) is 0 Å². The summed E-state index contributed by atoms with van der Waals surface area (Å²) in [6, 6.07) is 8.71. The van der Waals surface area contributed by atoms with Crippen LogP contribution in [0.4, 0.5) is 13.2 Å². The normalized spacial score (nSPS) is 13.1. The van der Waals surface area contributed by atoms with Crippen LogP contribution in [0.3, 0.4) is 0 Å². The first-order valence-corrected chi connectivity index (χ1v) is 6.35. The van der Waals surface area contributed by atoms with Crippen molar-refractivity contribution in [1.29, 1.82) is 0 Å². The summed E-state index contributed by atoms with van der Waals surface area (Å²) in [5.41, 5.74) is 0.689. The van der Waals surface area contributed by atoms with E-state index in [4.69, 9.17) is 11.6 Å². The average molecular weight is 294 g/mol. The Hall–Kier alpha value is -1.23. The van der Waals surface area contributed by atoms with Crippen molar-refractivity contribution in [2.24, 2.45) is 0 Å². The molecule has 0 aliphatic rings. The molecule has 1 atom stereocenters. The van der Waals surface area contributed by atoms with Crippen LogP contribution < -0.4 is 0 Å². The maximum absolute atomic E-state index is 12.4. The second kappa shape index (κ2) is 6.80. The largest absolute Gasteiger partial charge is 0.406 e. The lowest BCUT2D eigenvalue weighted by atomic mass is 10.00. The summed E-state index contributed by atoms with van der Waals surface area (Å²) < 4.78 is 37.3. The molecule has 106 valence electrons. The zero-order valence-electron chi connectivity index (χ0n) is 10.5. The highest BCUT2D eigenvalue weighted by Gasteiger charge is 2.34. The first kappa shape index (κ1) is 15.8. The molecule has 0 aliphatic heterocycles. The first-order chi connectivity index (χ1) is 8.85.